The second-order valence-corrected chi connectivity index (χ2v) is 10.1. The van der Waals surface area contributed by atoms with Gasteiger partial charge in [0.1, 0.15) is 0 Å². The molecule has 0 N–H and O–H groups in total. The van der Waals surface area contributed by atoms with Gasteiger partial charge < -0.3 is 9.80 Å². The summed E-state index contributed by atoms with van der Waals surface area (Å²) < 4.78 is 0. The lowest BCUT2D eigenvalue weighted by Gasteiger charge is -2.33. The third-order valence-corrected chi connectivity index (χ3v) is 7.00. The van der Waals surface area contributed by atoms with Crippen molar-refractivity contribution in [3.8, 4) is 11.1 Å². The van der Waals surface area contributed by atoms with E-state index in [1.807, 2.05) is 0 Å². The highest BCUT2D eigenvalue weighted by atomic mass is 15.2. The minimum Gasteiger partial charge on any atom is -0.339 e. The molecule has 5 rings (SSSR count). The molecule has 0 fully saturated rings. The number of rotatable bonds is 9. The van der Waals surface area contributed by atoms with Crippen LogP contribution in [0.2, 0.25) is 0 Å². The lowest BCUT2D eigenvalue weighted by Crippen LogP contribution is -2.30. The first-order chi connectivity index (χ1) is 18.6. The predicted molar refractivity (Wildman–Crippen MR) is 164 cm³/mol. The molecule has 0 saturated heterocycles. The van der Waals surface area contributed by atoms with Gasteiger partial charge in [0.05, 0.1) is 0 Å². The Morgan fingerprint density at radius 2 is 0.921 bits per heavy atom. The van der Waals surface area contributed by atoms with E-state index in [1.54, 1.807) is 0 Å². The van der Waals surface area contributed by atoms with Gasteiger partial charge in [-0.05, 0) is 92.4 Å². The summed E-state index contributed by atoms with van der Waals surface area (Å²) in [5.41, 5.74) is 8.67. The van der Waals surface area contributed by atoms with E-state index < -0.39 is 0 Å². The topological polar surface area (TPSA) is 6.48 Å². The normalized spacial score (nSPS) is 11.8. The molecular weight excluding hydrogens is 460 g/mol. The van der Waals surface area contributed by atoms with Crippen LogP contribution >= 0.6 is 0 Å². The molecule has 0 spiro atoms. The van der Waals surface area contributed by atoms with Crippen molar-refractivity contribution in [3.63, 3.8) is 0 Å². The molecule has 0 bridgehead atoms. The Balaban J connectivity index is 1.41. The number of hydrogen-bond donors (Lipinski definition) is 0. The molecular formula is C36H36N2. The van der Waals surface area contributed by atoms with E-state index in [0.29, 0.717) is 6.04 Å². The van der Waals surface area contributed by atoms with Gasteiger partial charge >= 0.3 is 0 Å². The van der Waals surface area contributed by atoms with Crippen LogP contribution in [0.3, 0.4) is 0 Å². The molecule has 0 aromatic heterocycles. The minimum absolute atomic E-state index is 0.285. The first kappa shape index (κ1) is 25.4. The van der Waals surface area contributed by atoms with Crippen molar-refractivity contribution in [2.75, 3.05) is 9.80 Å². The Bertz CT molecular complexity index is 1370. The summed E-state index contributed by atoms with van der Waals surface area (Å²) in [6.07, 6.45) is 0.941. The third kappa shape index (κ3) is 5.81. The van der Waals surface area contributed by atoms with Crippen LogP contribution in [0.15, 0.2) is 140 Å². The fraction of sp³-hybridized carbons (Fsp3) is 0.167. The zero-order chi connectivity index (χ0) is 26.3. The minimum atomic E-state index is 0.285. The van der Waals surface area contributed by atoms with Gasteiger partial charge in [-0.3, -0.25) is 0 Å². The molecule has 2 heteroatoms. The molecule has 2 nitrogen and oxygen atoms in total. The van der Waals surface area contributed by atoms with Crippen LogP contribution in [-0.4, -0.2) is 12.1 Å². The number of para-hydroxylation sites is 2. The number of anilines is 4. The smallest absolute Gasteiger partial charge is 0.0415 e. The standard InChI is InChI=1S/C36H36N2/c1-28(2)37(35-24-22-32(23-25-35)31-15-7-4-8-16-31)36-21-13-14-30(27-36)26-29(3)38(33-17-9-5-10-18-33)34-19-11-6-12-20-34/h4-25,27-29H,26H2,1-3H3. The highest BCUT2D eigenvalue weighted by Crippen LogP contribution is 2.33. The van der Waals surface area contributed by atoms with E-state index in [2.05, 4.69) is 170 Å². The molecule has 1 unspecified atom stereocenters. The Morgan fingerprint density at radius 3 is 1.47 bits per heavy atom. The van der Waals surface area contributed by atoms with Gasteiger partial charge in [-0.1, -0.05) is 91.0 Å². The largest absolute Gasteiger partial charge is 0.339 e. The Morgan fingerprint density at radius 1 is 0.447 bits per heavy atom. The van der Waals surface area contributed by atoms with Crippen LogP contribution in [0, 0.1) is 0 Å². The average Bonchev–Trinajstić information content (AvgIpc) is 2.95. The zero-order valence-electron chi connectivity index (χ0n) is 22.5. The molecule has 0 saturated carbocycles. The lowest BCUT2D eigenvalue weighted by atomic mass is 10.0. The molecule has 5 aromatic rings. The highest BCUT2D eigenvalue weighted by molar-refractivity contribution is 5.70. The van der Waals surface area contributed by atoms with Crippen molar-refractivity contribution >= 4 is 22.7 Å². The fourth-order valence-electron chi connectivity index (χ4n) is 5.29. The van der Waals surface area contributed by atoms with E-state index in [1.165, 1.54) is 39.4 Å². The zero-order valence-corrected chi connectivity index (χ0v) is 22.5. The van der Waals surface area contributed by atoms with Crippen LogP contribution in [-0.2, 0) is 6.42 Å². The van der Waals surface area contributed by atoms with E-state index >= 15 is 0 Å². The van der Waals surface area contributed by atoms with Gasteiger partial charge in [0.15, 0.2) is 0 Å². The van der Waals surface area contributed by atoms with Gasteiger partial charge in [0.25, 0.3) is 0 Å². The van der Waals surface area contributed by atoms with Crippen molar-refractivity contribution in [1.82, 2.24) is 0 Å². The molecule has 0 aliphatic carbocycles. The quantitative estimate of drug-likeness (QED) is 0.200. The van der Waals surface area contributed by atoms with Crippen LogP contribution in [0.4, 0.5) is 22.7 Å². The molecule has 0 heterocycles. The summed E-state index contributed by atoms with van der Waals surface area (Å²) in [6, 6.07) is 50.5. The van der Waals surface area contributed by atoms with Crippen LogP contribution in [0.5, 0.6) is 0 Å². The molecule has 0 radical (unpaired) electrons. The Kier molecular flexibility index (Phi) is 7.89. The molecule has 0 aliphatic rings. The van der Waals surface area contributed by atoms with E-state index in [0.717, 1.165) is 6.42 Å². The number of benzene rings is 5. The van der Waals surface area contributed by atoms with Crippen LogP contribution < -0.4 is 9.80 Å². The summed E-state index contributed by atoms with van der Waals surface area (Å²) in [6.45, 7) is 6.83. The summed E-state index contributed by atoms with van der Waals surface area (Å²) in [4.78, 5) is 4.87. The molecule has 1 atom stereocenters. The second kappa shape index (κ2) is 11.8. The van der Waals surface area contributed by atoms with Gasteiger partial charge in [0.2, 0.25) is 0 Å². The first-order valence-corrected chi connectivity index (χ1v) is 13.5. The Hall–Kier alpha value is -4.30. The van der Waals surface area contributed by atoms with Crippen molar-refractivity contribution in [2.24, 2.45) is 0 Å². The summed E-state index contributed by atoms with van der Waals surface area (Å²) in [5.74, 6) is 0. The Labute approximate surface area is 227 Å². The maximum Gasteiger partial charge on any atom is 0.0415 e. The SMILES string of the molecule is CC(C)N(c1ccc(-c2ccccc2)cc1)c1cccc(CC(C)N(c2ccccc2)c2ccccc2)c1. The monoisotopic (exact) mass is 496 g/mol. The van der Waals surface area contributed by atoms with Crippen LogP contribution in [0.1, 0.15) is 26.3 Å². The maximum atomic E-state index is 2.44. The predicted octanol–water partition coefficient (Wildman–Crippen LogP) is 9.67. The fourth-order valence-corrected chi connectivity index (χ4v) is 5.29. The van der Waals surface area contributed by atoms with E-state index in [4.69, 9.17) is 0 Å². The van der Waals surface area contributed by atoms with Gasteiger partial charge in [-0.15, -0.1) is 0 Å². The average molecular weight is 497 g/mol. The number of nitrogens with zero attached hydrogens (tertiary/aromatic N) is 2. The molecule has 5 aromatic carbocycles. The van der Waals surface area contributed by atoms with E-state index in [9.17, 15) is 0 Å². The first-order valence-electron chi connectivity index (χ1n) is 13.5. The molecule has 0 aliphatic heterocycles. The summed E-state index contributed by atoms with van der Waals surface area (Å²) in [5, 5.41) is 0. The lowest BCUT2D eigenvalue weighted by molar-refractivity contribution is 0.707. The summed E-state index contributed by atoms with van der Waals surface area (Å²) >= 11 is 0. The maximum absolute atomic E-state index is 2.44. The molecule has 0 amide bonds. The van der Waals surface area contributed by atoms with Crippen LogP contribution in [0.25, 0.3) is 11.1 Å². The van der Waals surface area contributed by atoms with Crippen molar-refractivity contribution in [2.45, 2.75) is 39.3 Å². The van der Waals surface area contributed by atoms with Gasteiger partial charge in [-0.2, -0.15) is 0 Å². The molecule has 190 valence electrons. The molecule has 38 heavy (non-hydrogen) atoms. The van der Waals surface area contributed by atoms with E-state index in [-0.39, 0.29) is 6.04 Å². The second-order valence-electron chi connectivity index (χ2n) is 10.1. The van der Waals surface area contributed by atoms with Crippen molar-refractivity contribution < 1.29 is 0 Å². The summed E-state index contributed by atoms with van der Waals surface area (Å²) in [7, 11) is 0. The highest BCUT2D eigenvalue weighted by Gasteiger charge is 2.19. The van der Waals surface area contributed by atoms with Gasteiger partial charge in [-0.25, -0.2) is 0 Å². The van der Waals surface area contributed by atoms with Gasteiger partial charge in [0, 0.05) is 34.8 Å². The third-order valence-electron chi connectivity index (χ3n) is 7.00. The number of hydrogen-bond acceptors (Lipinski definition) is 2. The van der Waals surface area contributed by atoms with Crippen molar-refractivity contribution in [1.29, 1.82) is 0 Å². The van der Waals surface area contributed by atoms with Crippen molar-refractivity contribution in [3.05, 3.63) is 145 Å².